The maximum Gasteiger partial charge on any atom is 0.225 e. The van der Waals surface area contributed by atoms with E-state index >= 15 is 0 Å². The average Bonchev–Trinajstić information content (AvgIpc) is 3.21. The first-order valence-electron chi connectivity index (χ1n) is 10.3. The van der Waals surface area contributed by atoms with Gasteiger partial charge in [-0.3, -0.25) is 4.79 Å². The number of likely N-dealkylation sites (N-methyl/N-ethyl adjacent to an activating group) is 1. The van der Waals surface area contributed by atoms with Crippen LogP contribution in [0.2, 0.25) is 0 Å². The minimum absolute atomic E-state index is 0.250. The van der Waals surface area contributed by atoms with Gasteiger partial charge < -0.3 is 14.7 Å². The highest BCUT2D eigenvalue weighted by Gasteiger charge is 2.32. The molecule has 26 heavy (non-hydrogen) atoms. The van der Waals surface area contributed by atoms with E-state index in [4.69, 9.17) is 9.97 Å². The molecule has 6 nitrogen and oxygen atoms in total. The third-order valence-corrected chi connectivity index (χ3v) is 6.29. The van der Waals surface area contributed by atoms with Crippen LogP contribution in [0.25, 0.3) is 0 Å². The second-order valence-corrected chi connectivity index (χ2v) is 7.93. The van der Waals surface area contributed by atoms with Crippen molar-refractivity contribution in [3.8, 4) is 0 Å². The van der Waals surface area contributed by atoms with Crippen molar-refractivity contribution in [2.45, 2.75) is 52.5 Å². The molecule has 1 amide bonds. The molecule has 1 saturated heterocycles. The van der Waals surface area contributed by atoms with E-state index in [1.807, 2.05) is 6.92 Å². The summed E-state index contributed by atoms with van der Waals surface area (Å²) in [4.78, 5) is 29.4. The summed E-state index contributed by atoms with van der Waals surface area (Å²) in [6.45, 7) is 11.0. The molecule has 0 atom stereocenters. The van der Waals surface area contributed by atoms with E-state index in [9.17, 15) is 4.79 Å². The maximum atomic E-state index is 12.9. The van der Waals surface area contributed by atoms with Crippen molar-refractivity contribution in [3.63, 3.8) is 0 Å². The zero-order chi connectivity index (χ0) is 18.1. The number of hydrogen-bond donors (Lipinski definition) is 0. The van der Waals surface area contributed by atoms with Gasteiger partial charge >= 0.3 is 0 Å². The maximum absolute atomic E-state index is 12.9. The van der Waals surface area contributed by atoms with Crippen molar-refractivity contribution < 1.29 is 4.79 Å². The third-order valence-electron chi connectivity index (χ3n) is 6.29. The Hall–Kier alpha value is -1.69. The minimum atomic E-state index is 0.250. The first kappa shape index (κ1) is 17.7. The smallest absolute Gasteiger partial charge is 0.225 e. The van der Waals surface area contributed by atoms with E-state index in [0.29, 0.717) is 12.5 Å². The van der Waals surface area contributed by atoms with Crippen LogP contribution in [0.5, 0.6) is 0 Å². The van der Waals surface area contributed by atoms with Crippen molar-refractivity contribution >= 4 is 11.7 Å². The molecule has 1 aromatic heterocycles. The van der Waals surface area contributed by atoms with Crippen molar-refractivity contribution in [2.24, 2.45) is 5.92 Å². The van der Waals surface area contributed by atoms with Crippen LogP contribution in [-0.4, -0.2) is 64.9 Å². The molecule has 1 aliphatic carbocycles. The number of nitrogens with zero attached hydrogens (tertiary/aromatic N) is 5. The highest BCUT2D eigenvalue weighted by Crippen LogP contribution is 2.31. The first-order valence-corrected chi connectivity index (χ1v) is 10.3. The molecule has 6 heteroatoms. The Morgan fingerprint density at radius 1 is 1.08 bits per heavy atom. The van der Waals surface area contributed by atoms with Crippen LogP contribution in [0, 0.1) is 12.8 Å². The molecule has 142 valence electrons. The number of aryl methyl sites for hydroxylation is 1. The van der Waals surface area contributed by atoms with Gasteiger partial charge in [0.1, 0.15) is 11.6 Å². The minimum Gasteiger partial charge on any atom is -0.354 e. The average molecular weight is 358 g/mol. The van der Waals surface area contributed by atoms with E-state index in [0.717, 1.165) is 75.9 Å². The molecule has 2 aliphatic heterocycles. The predicted molar refractivity (Wildman–Crippen MR) is 102 cm³/mol. The van der Waals surface area contributed by atoms with Crippen LogP contribution < -0.4 is 4.90 Å². The van der Waals surface area contributed by atoms with Gasteiger partial charge in [0.25, 0.3) is 0 Å². The summed E-state index contributed by atoms with van der Waals surface area (Å²) in [6.07, 6.45) is 5.40. The van der Waals surface area contributed by atoms with E-state index in [1.165, 1.54) is 18.4 Å². The van der Waals surface area contributed by atoms with Crippen molar-refractivity contribution in [3.05, 3.63) is 17.1 Å². The summed E-state index contributed by atoms with van der Waals surface area (Å²) in [5.74, 6) is 2.54. The quantitative estimate of drug-likeness (QED) is 0.828. The molecule has 0 N–H and O–H groups in total. The molecule has 0 spiro atoms. The van der Waals surface area contributed by atoms with Crippen LogP contribution in [0.1, 0.15) is 49.7 Å². The second kappa shape index (κ2) is 7.51. The highest BCUT2D eigenvalue weighted by molar-refractivity contribution is 5.79. The lowest BCUT2D eigenvalue weighted by Crippen LogP contribution is -2.47. The molecule has 0 bridgehead atoms. The number of rotatable bonds is 3. The van der Waals surface area contributed by atoms with E-state index in [1.54, 1.807) is 0 Å². The largest absolute Gasteiger partial charge is 0.354 e. The molecule has 0 radical (unpaired) electrons. The van der Waals surface area contributed by atoms with Gasteiger partial charge in [0, 0.05) is 50.6 Å². The Bertz CT molecular complexity index is 662. The van der Waals surface area contributed by atoms with Gasteiger partial charge in [-0.1, -0.05) is 19.8 Å². The molecule has 3 heterocycles. The molecule has 2 fully saturated rings. The Kier molecular flexibility index (Phi) is 5.11. The summed E-state index contributed by atoms with van der Waals surface area (Å²) >= 11 is 0. The SMILES string of the molecule is CCN1CCN(c2nc(C)nc3c2CN(C(=O)C2CCCC2)CC3)CC1. The van der Waals surface area contributed by atoms with Gasteiger partial charge in [-0.25, -0.2) is 9.97 Å². The van der Waals surface area contributed by atoms with E-state index in [2.05, 4.69) is 21.6 Å². The van der Waals surface area contributed by atoms with E-state index < -0.39 is 0 Å². The van der Waals surface area contributed by atoms with Crippen molar-refractivity contribution in [1.29, 1.82) is 0 Å². The number of hydrogen-bond acceptors (Lipinski definition) is 5. The lowest BCUT2D eigenvalue weighted by atomic mass is 10.0. The topological polar surface area (TPSA) is 52.6 Å². The first-order chi connectivity index (χ1) is 12.7. The molecule has 0 unspecified atom stereocenters. The van der Waals surface area contributed by atoms with Crippen LogP contribution in [0.4, 0.5) is 5.82 Å². The Balaban J connectivity index is 1.56. The molecular formula is C20H31N5O. The summed E-state index contributed by atoms with van der Waals surface area (Å²) in [6, 6.07) is 0. The van der Waals surface area contributed by atoms with Gasteiger partial charge in [0.05, 0.1) is 12.2 Å². The predicted octanol–water partition coefficient (Wildman–Crippen LogP) is 2.00. The summed E-state index contributed by atoms with van der Waals surface area (Å²) < 4.78 is 0. The van der Waals surface area contributed by atoms with Gasteiger partial charge in [0.15, 0.2) is 0 Å². The number of piperazine rings is 1. The molecular weight excluding hydrogens is 326 g/mol. The highest BCUT2D eigenvalue weighted by atomic mass is 16.2. The van der Waals surface area contributed by atoms with Crippen LogP contribution in [-0.2, 0) is 17.8 Å². The fourth-order valence-corrected chi connectivity index (χ4v) is 4.67. The van der Waals surface area contributed by atoms with Crippen LogP contribution >= 0.6 is 0 Å². The molecule has 1 aromatic rings. The van der Waals surface area contributed by atoms with Crippen LogP contribution in [0.3, 0.4) is 0 Å². The second-order valence-electron chi connectivity index (χ2n) is 7.93. The van der Waals surface area contributed by atoms with E-state index in [-0.39, 0.29) is 5.92 Å². The summed E-state index contributed by atoms with van der Waals surface area (Å²) in [5, 5.41) is 0. The molecule has 0 aromatic carbocycles. The van der Waals surface area contributed by atoms with Gasteiger partial charge in [-0.15, -0.1) is 0 Å². The van der Waals surface area contributed by atoms with Crippen LogP contribution in [0.15, 0.2) is 0 Å². The number of fused-ring (bicyclic) bond motifs is 1. The third kappa shape index (κ3) is 3.43. The number of anilines is 1. The Morgan fingerprint density at radius 2 is 1.81 bits per heavy atom. The molecule has 4 rings (SSSR count). The van der Waals surface area contributed by atoms with Gasteiger partial charge in [-0.2, -0.15) is 0 Å². The molecule has 3 aliphatic rings. The number of carbonyl (C=O) groups is 1. The normalized spacial score (nSPS) is 21.9. The number of carbonyl (C=O) groups excluding carboxylic acids is 1. The molecule has 1 saturated carbocycles. The summed E-state index contributed by atoms with van der Waals surface area (Å²) in [5.41, 5.74) is 2.35. The standard InChI is InChI=1S/C20H31N5O/c1-3-23-10-12-24(13-11-23)19-17-14-25(20(26)16-6-4-5-7-16)9-8-18(17)21-15(2)22-19/h16H,3-14H2,1-2H3. The van der Waals surface area contributed by atoms with Crippen molar-refractivity contribution in [2.75, 3.05) is 44.2 Å². The fourth-order valence-electron chi connectivity index (χ4n) is 4.67. The van der Waals surface area contributed by atoms with Crippen molar-refractivity contribution in [1.82, 2.24) is 19.8 Å². The Morgan fingerprint density at radius 3 is 2.50 bits per heavy atom. The fraction of sp³-hybridized carbons (Fsp3) is 0.750. The van der Waals surface area contributed by atoms with Gasteiger partial charge in [-0.05, 0) is 26.3 Å². The number of aromatic nitrogens is 2. The Labute approximate surface area is 156 Å². The monoisotopic (exact) mass is 357 g/mol. The summed E-state index contributed by atoms with van der Waals surface area (Å²) in [7, 11) is 0. The zero-order valence-electron chi connectivity index (χ0n) is 16.2. The van der Waals surface area contributed by atoms with Gasteiger partial charge in [0.2, 0.25) is 5.91 Å². The lowest BCUT2D eigenvalue weighted by molar-refractivity contribution is -0.136. The number of amides is 1. The lowest BCUT2D eigenvalue weighted by Gasteiger charge is -2.38. The zero-order valence-corrected chi connectivity index (χ0v) is 16.2.